The van der Waals surface area contributed by atoms with Crippen molar-refractivity contribution < 1.29 is 14.3 Å². The van der Waals surface area contributed by atoms with Gasteiger partial charge in [-0.2, -0.15) is 0 Å². The summed E-state index contributed by atoms with van der Waals surface area (Å²) < 4.78 is 10.1. The summed E-state index contributed by atoms with van der Waals surface area (Å²) in [5, 5.41) is 2.98. The zero-order valence-electron chi connectivity index (χ0n) is 9.66. The van der Waals surface area contributed by atoms with Crippen LogP contribution < -0.4 is 5.32 Å². The minimum absolute atomic E-state index is 0.292. The SMILES string of the molecule is CCOCCOC(=O)c1ccc(NC)cc1. The van der Waals surface area contributed by atoms with E-state index < -0.39 is 0 Å². The molecule has 1 N–H and O–H groups in total. The Labute approximate surface area is 95.6 Å². The van der Waals surface area contributed by atoms with Gasteiger partial charge in [-0.15, -0.1) is 0 Å². The lowest BCUT2D eigenvalue weighted by Crippen LogP contribution is -2.10. The largest absolute Gasteiger partial charge is 0.460 e. The monoisotopic (exact) mass is 223 g/mol. The van der Waals surface area contributed by atoms with Crippen molar-refractivity contribution >= 4 is 11.7 Å². The maximum atomic E-state index is 11.5. The molecule has 1 aromatic rings. The average Bonchev–Trinajstić information content (AvgIpc) is 2.34. The van der Waals surface area contributed by atoms with Gasteiger partial charge >= 0.3 is 5.97 Å². The molecule has 0 bridgehead atoms. The smallest absolute Gasteiger partial charge is 0.338 e. The fourth-order valence-electron chi connectivity index (χ4n) is 1.19. The molecule has 0 saturated carbocycles. The lowest BCUT2D eigenvalue weighted by atomic mass is 10.2. The normalized spacial score (nSPS) is 9.88. The number of rotatable bonds is 6. The Kier molecular flexibility index (Phi) is 5.36. The molecule has 0 saturated heterocycles. The van der Waals surface area contributed by atoms with Crippen LogP contribution in [-0.4, -0.2) is 32.8 Å². The third-order valence-corrected chi connectivity index (χ3v) is 2.07. The number of hydrogen-bond donors (Lipinski definition) is 1. The summed E-state index contributed by atoms with van der Waals surface area (Å²) in [7, 11) is 1.83. The topological polar surface area (TPSA) is 47.6 Å². The van der Waals surface area contributed by atoms with E-state index in [1.807, 2.05) is 26.1 Å². The summed E-state index contributed by atoms with van der Waals surface area (Å²) >= 11 is 0. The van der Waals surface area contributed by atoms with Gasteiger partial charge in [-0.25, -0.2) is 4.79 Å². The molecular weight excluding hydrogens is 206 g/mol. The Balaban J connectivity index is 2.40. The highest BCUT2D eigenvalue weighted by atomic mass is 16.6. The van der Waals surface area contributed by atoms with Crippen LogP contribution in [-0.2, 0) is 9.47 Å². The minimum atomic E-state index is -0.317. The van der Waals surface area contributed by atoms with E-state index in [2.05, 4.69) is 5.32 Å². The van der Waals surface area contributed by atoms with Crippen LogP contribution in [0.2, 0.25) is 0 Å². The van der Waals surface area contributed by atoms with Gasteiger partial charge < -0.3 is 14.8 Å². The van der Waals surface area contributed by atoms with E-state index in [1.54, 1.807) is 12.1 Å². The van der Waals surface area contributed by atoms with E-state index in [0.29, 0.717) is 25.4 Å². The number of carbonyl (C=O) groups is 1. The van der Waals surface area contributed by atoms with Gasteiger partial charge in [-0.1, -0.05) is 0 Å². The lowest BCUT2D eigenvalue weighted by molar-refractivity contribution is 0.0335. The van der Waals surface area contributed by atoms with Crippen molar-refractivity contribution in [3.05, 3.63) is 29.8 Å². The van der Waals surface area contributed by atoms with Crippen molar-refractivity contribution in [3.8, 4) is 0 Å². The molecular formula is C12H17NO3. The van der Waals surface area contributed by atoms with Crippen LogP contribution in [0.1, 0.15) is 17.3 Å². The zero-order valence-corrected chi connectivity index (χ0v) is 9.66. The van der Waals surface area contributed by atoms with Crippen LogP contribution >= 0.6 is 0 Å². The molecule has 0 aromatic heterocycles. The van der Waals surface area contributed by atoms with Gasteiger partial charge in [0.15, 0.2) is 0 Å². The van der Waals surface area contributed by atoms with Crippen molar-refractivity contribution in [1.29, 1.82) is 0 Å². The quantitative estimate of drug-likeness (QED) is 0.591. The minimum Gasteiger partial charge on any atom is -0.460 e. The zero-order chi connectivity index (χ0) is 11.8. The fraction of sp³-hybridized carbons (Fsp3) is 0.417. The van der Waals surface area contributed by atoms with Crippen molar-refractivity contribution in [3.63, 3.8) is 0 Å². The second kappa shape index (κ2) is 6.85. The number of nitrogens with one attached hydrogen (secondary N) is 1. The lowest BCUT2D eigenvalue weighted by Gasteiger charge is -2.05. The first kappa shape index (κ1) is 12.5. The van der Waals surface area contributed by atoms with E-state index in [1.165, 1.54) is 0 Å². The molecule has 88 valence electrons. The molecule has 1 aromatic carbocycles. The van der Waals surface area contributed by atoms with Crippen LogP contribution in [0, 0.1) is 0 Å². The standard InChI is InChI=1S/C12H17NO3/c1-3-15-8-9-16-12(14)10-4-6-11(13-2)7-5-10/h4-7,13H,3,8-9H2,1-2H3. The number of hydrogen-bond acceptors (Lipinski definition) is 4. The van der Waals surface area contributed by atoms with E-state index in [4.69, 9.17) is 9.47 Å². The number of ether oxygens (including phenoxy) is 2. The summed E-state index contributed by atoms with van der Waals surface area (Å²) in [5.74, 6) is -0.317. The predicted molar refractivity (Wildman–Crippen MR) is 62.8 cm³/mol. The van der Waals surface area contributed by atoms with Gasteiger partial charge in [0, 0.05) is 19.3 Å². The third-order valence-electron chi connectivity index (χ3n) is 2.07. The maximum absolute atomic E-state index is 11.5. The second-order valence-corrected chi connectivity index (χ2v) is 3.16. The Morgan fingerprint density at radius 3 is 2.50 bits per heavy atom. The molecule has 4 heteroatoms. The molecule has 0 unspecified atom stereocenters. The molecule has 0 amide bonds. The third kappa shape index (κ3) is 3.90. The van der Waals surface area contributed by atoms with Crippen LogP contribution in [0.3, 0.4) is 0 Å². The highest BCUT2D eigenvalue weighted by molar-refractivity contribution is 5.89. The first-order valence-corrected chi connectivity index (χ1v) is 5.30. The molecule has 0 heterocycles. The van der Waals surface area contributed by atoms with Crippen molar-refractivity contribution in [2.24, 2.45) is 0 Å². The van der Waals surface area contributed by atoms with Crippen LogP contribution in [0.5, 0.6) is 0 Å². The summed E-state index contributed by atoms with van der Waals surface area (Å²) in [6.45, 7) is 3.27. The van der Waals surface area contributed by atoms with E-state index in [-0.39, 0.29) is 5.97 Å². The highest BCUT2D eigenvalue weighted by Gasteiger charge is 2.05. The first-order chi connectivity index (χ1) is 7.77. The highest BCUT2D eigenvalue weighted by Crippen LogP contribution is 2.09. The van der Waals surface area contributed by atoms with Crippen molar-refractivity contribution in [1.82, 2.24) is 0 Å². The number of esters is 1. The second-order valence-electron chi connectivity index (χ2n) is 3.16. The molecule has 16 heavy (non-hydrogen) atoms. The molecule has 4 nitrogen and oxygen atoms in total. The Morgan fingerprint density at radius 2 is 1.94 bits per heavy atom. The van der Waals surface area contributed by atoms with Crippen LogP contribution in [0.15, 0.2) is 24.3 Å². The van der Waals surface area contributed by atoms with Gasteiger partial charge in [-0.3, -0.25) is 0 Å². The van der Waals surface area contributed by atoms with Gasteiger partial charge in [0.2, 0.25) is 0 Å². The molecule has 0 aliphatic carbocycles. The Hall–Kier alpha value is -1.55. The summed E-state index contributed by atoms with van der Waals surface area (Å²) in [6.07, 6.45) is 0. The Morgan fingerprint density at radius 1 is 1.25 bits per heavy atom. The molecule has 0 radical (unpaired) electrons. The molecule has 1 rings (SSSR count). The number of anilines is 1. The molecule has 0 spiro atoms. The average molecular weight is 223 g/mol. The number of carbonyl (C=O) groups excluding carboxylic acids is 1. The summed E-state index contributed by atoms with van der Waals surface area (Å²) in [4.78, 5) is 11.5. The fourth-order valence-corrected chi connectivity index (χ4v) is 1.19. The van der Waals surface area contributed by atoms with Gasteiger partial charge in [-0.05, 0) is 31.2 Å². The Bertz CT molecular complexity index is 322. The van der Waals surface area contributed by atoms with Crippen molar-refractivity contribution in [2.45, 2.75) is 6.92 Å². The van der Waals surface area contributed by atoms with E-state index in [9.17, 15) is 4.79 Å². The maximum Gasteiger partial charge on any atom is 0.338 e. The predicted octanol–water partition coefficient (Wildman–Crippen LogP) is 1.92. The molecule has 0 atom stereocenters. The van der Waals surface area contributed by atoms with E-state index in [0.717, 1.165) is 5.69 Å². The first-order valence-electron chi connectivity index (χ1n) is 5.30. The summed E-state index contributed by atoms with van der Waals surface area (Å²) in [6, 6.07) is 7.13. The molecule has 0 aliphatic rings. The van der Waals surface area contributed by atoms with Crippen LogP contribution in [0.4, 0.5) is 5.69 Å². The van der Waals surface area contributed by atoms with Gasteiger partial charge in [0.1, 0.15) is 6.61 Å². The summed E-state index contributed by atoms with van der Waals surface area (Å²) in [5.41, 5.74) is 1.52. The van der Waals surface area contributed by atoms with Gasteiger partial charge in [0.05, 0.1) is 12.2 Å². The molecule has 0 fully saturated rings. The van der Waals surface area contributed by atoms with Crippen LogP contribution in [0.25, 0.3) is 0 Å². The number of benzene rings is 1. The van der Waals surface area contributed by atoms with E-state index >= 15 is 0 Å². The van der Waals surface area contributed by atoms with Crippen molar-refractivity contribution in [2.75, 3.05) is 32.2 Å². The van der Waals surface area contributed by atoms with Gasteiger partial charge in [0.25, 0.3) is 0 Å². The molecule has 0 aliphatic heterocycles.